The first kappa shape index (κ1) is 42.7. The molecule has 4 amide bonds. The first-order valence-electron chi connectivity index (χ1n) is 18.3. The zero-order chi connectivity index (χ0) is 42.7. The molecule has 4 aromatic carbocycles. The smallest absolute Gasteiger partial charge is 0.257 e. The first-order valence-corrected chi connectivity index (χ1v) is 19.7. The predicted molar refractivity (Wildman–Crippen MR) is 224 cm³/mol. The van der Waals surface area contributed by atoms with E-state index in [2.05, 4.69) is 21.3 Å². The highest BCUT2D eigenvalue weighted by atomic mass is 32.2. The highest BCUT2D eigenvalue weighted by Gasteiger charge is 2.16. The third kappa shape index (κ3) is 11.8. The van der Waals surface area contributed by atoms with Gasteiger partial charge in [0.05, 0.1) is 16.0 Å². The van der Waals surface area contributed by atoms with E-state index in [0.29, 0.717) is 33.9 Å². The maximum Gasteiger partial charge on any atom is 0.257 e. The summed E-state index contributed by atoms with van der Waals surface area (Å²) < 4.78 is 35.0. The van der Waals surface area contributed by atoms with Crippen LogP contribution in [0.15, 0.2) is 139 Å². The molecule has 0 radical (unpaired) electrons. The van der Waals surface area contributed by atoms with Gasteiger partial charge in [-0.15, -0.1) is 0 Å². The summed E-state index contributed by atoms with van der Waals surface area (Å²) >= 11 is 0. The normalized spacial score (nSPS) is 10.7. The molecule has 302 valence electrons. The van der Waals surface area contributed by atoms with E-state index >= 15 is 0 Å². The van der Waals surface area contributed by atoms with Crippen molar-refractivity contribution >= 4 is 67.9 Å². The van der Waals surface area contributed by atoms with Crippen LogP contribution < -0.4 is 41.9 Å². The van der Waals surface area contributed by atoms with Crippen molar-refractivity contribution < 1.29 is 41.3 Å². The van der Waals surface area contributed by atoms with E-state index in [1.807, 2.05) is 66.8 Å². The van der Waals surface area contributed by atoms with E-state index < -0.39 is 21.9 Å². The molecule has 0 saturated heterocycles. The monoisotopic (exact) mass is 815 g/mol. The predicted octanol–water partition coefficient (Wildman–Crippen LogP) is 5.37. The number of benzene rings is 4. The van der Waals surface area contributed by atoms with Crippen LogP contribution in [0.1, 0.15) is 60.8 Å². The van der Waals surface area contributed by atoms with Crippen molar-refractivity contribution in [1.82, 2.24) is 0 Å². The van der Waals surface area contributed by atoms with Crippen LogP contribution in [0.3, 0.4) is 0 Å². The molecule has 0 aliphatic rings. The number of carbonyl (C=O) groups is 4. The number of aromatic nitrogens is 2. The van der Waals surface area contributed by atoms with Gasteiger partial charge in [0, 0.05) is 46.0 Å². The highest BCUT2D eigenvalue weighted by Crippen LogP contribution is 2.22. The second-order valence-electron chi connectivity index (χ2n) is 13.1. The van der Waals surface area contributed by atoms with Crippen molar-refractivity contribution in [2.45, 2.75) is 38.8 Å². The van der Waals surface area contributed by atoms with Crippen molar-refractivity contribution in [2.75, 3.05) is 32.7 Å². The summed E-state index contributed by atoms with van der Waals surface area (Å²) in [5.74, 6) is -1.59. The molecule has 2 heterocycles. The average molecular weight is 816 g/mol. The van der Waals surface area contributed by atoms with E-state index in [4.69, 9.17) is 11.5 Å². The molecule has 0 spiro atoms. The standard InChI is InChI=1S/C36H34N8O4.C7H8O3S/c1-3-43-17-5-7-27(21-43)41-35(47)29-15-13-25(19-31(29)37)39-33(45)23-9-11-24(12-10-23)34(46)40-26-14-16-30(32(38)20-26)36(48)42-28-8-6-18-44(4-2)22-28;1-6-2-4-7(5-3-6)11(8,9)10/h5-22H,3-4H2,1-2H3,(H6-2,37,38,39,40,41,42,45,46,47,48);2-5H,1H3,(H,8,9,10)/p+1. The third-order valence-corrected chi connectivity index (χ3v) is 9.64. The molecular formula is C43H43N8O7S+. The number of hydrogen-bond acceptors (Lipinski definition) is 9. The number of hydrogen-bond donors (Lipinski definition) is 6. The molecule has 6 rings (SSSR count). The molecule has 6 aromatic rings. The summed E-state index contributed by atoms with van der Waals surface area (Å²) in [6.07, 6.45) is 7.44. The Morgan fingerprint density at radius 3 is 1.31 bits per heavy atom. The highest BCUT2D eigenvalue weighted by molar-refractivity contribution is 7.85. The van der Waals surface area contributed by atoms with Gasteiger partial charge in [0.15, 0.2) is 24.8 Å². The number of nitrogen functional groups attached to an aromatic ring is 2. The number of amides is 4. The summed E-state index contributed by atoms with van der Waals surface area (Å²) in [7, 11) is -4.27. The third-order valence-electron chi connectivity index (χ3n) is 8.79. The van der Waals surface area contributed by atoms with Crippen LogP contribution in [0.2, 0.25) is 0 Å². The largest absolute Gasteiger partial charge is 0.744 e. The molecule has 0 atom stereocenters. The Balaban J connectivity index is 0.000000520. The van der Waals surface area contributed by atoms with E-state index in [-0.39, 0.29) is 39.2 Å². The number of aryl methyl sites for hydroxylation is 3. The molecule has 0 bridgehead atoms. The number of anilines is 6. The Hall–Kier alpha value is -7.43. The van der Waals surface area contributed by atoms with E-state index in [1.165, 1.54) is 48.5 Å². The van der Waals surface area contributed by atoms with Crippen LogP contribution in [0.4, 0.5) is 34.1 Å². The molecule has 0 aliphatic carbocycles. The molecule has 16 heteroatoms. The summed E-state index contributed by atoms with van der Waals surface area (Å²) in [5.41, 5.74) is 16.9. The number of nitrogens with one attached hydrogen (secondary N) is 4. The average Bonchev–Trinajstić information content (AvgIpc) is 3.21. The number of rotatable bonds is 11. The number of nitrogens with zero attached hydrogens (tertiary/aromatic N) is 2. The lowest BCUT2D eigenvalue weighted by atomic mass is 10.1. The van der Waals surface area contributed by atoms with E-state index in [0.717, 1.165) is 18.7 Å². The van der Waals surface area contributed by atoms with Crippen LogP contribution in [0.5, 0.6) is 0 Å². The van der Waals surface area contributed by atoms with Crippen molar-refractivity contribution in [1.29, 1.82) is 0 Å². The van der Waals surface area contributed by atoms with Crippen LogP contribution in [-0.2, 0) is 23.2 Å². The lowest BCUT2D eigenvalue weighted by Gasteiger charge is -2.11. The molecule has 0 fully saturated rings. The summed E-state index contributed by atoms with van der Waals surface area (Å²) in [6.45, 7) is 7.34. The molecule has 0 aliphatic heterocycles. The van der Waals surface area contributed by atoms with E-state index in [9.17, 15) is 32.1 Å². The fraction of sp³-hybridized carbons (Fsp3) is 0.116. The van der Waals surface area contributed by atoms with Gasteiger partial charge in [0.1, 0.15) is 34.6 Å². The van der Waals surface area contributed by atoms with Gasteiger partial charge in [-0.1, -0.05) is 17.7 Å². The van der Waals surface area contributed by atoms with Gasteiger partial charge < -0.3 is 37.3 Å². The van der Waals surface area contributed by atoms with Crippen molar-refractivity contribution in [3.05, 3.63) is 162 Å². The SMILES string of the molecule is CC[n+]1cccc(NC(=O)c2ccc(NC(=O)c3ccc(C(=O)Nc4ccc(C(=O)Nc5ccc[n+](CC)c5)c(N)c4)cc3)cc2N)c1.Cc1ccc(S(=O)(=O)[O-])cc1. The molecule has 15 nitrogen and oxygen atoms in total. The Morgan fingerprint density at radius 1 is 0.559 bits per heavy atom. The van der Waals surface area contributed by atoms with Gasteiger partial charge in [-0.3, -0.25) is 19.2 Å². The second kappa shape index (κ2) is 19.1. The first-order chi connectivity index (χ1) is 28.1. The van der Waals surface area contributed by atoms with Crippen molar-refractivity contribution in [2.24, 2.45) is 0 Å². The van der Waals surface area contributed by atoms with Gasteiger partial charge in [0.2, 0.25) is 0 Å². The van der Waals surface area contributed by atoms with Gasteiger partial charge in [-0.05, 0) is 106 Å². The van der Waals surface area contributed by atoms with E-state index in [1.54, 1.807) is 48.5 Å². The molecular weight excluding hydrogens is 773 g/mol. The Bertz CT molecular complexity index is 2470. The van der Waals surface area contributed by atoms with Crippen LogP contribution in [0, 0.1) is 6.92 Å². The van der Waals surface area contributed by atoms with Crippen LogP contribution in [-0.4, -0.2) is 36.6 Å². The fourth-order valence-electron chi connectivity index (χ4n) is 5.56. The van der Waals surface area contributed by atoms with Gasteiger partial charge in [-0.25, -0.2) is 17.6 Å². The minimum absolute atomic E-state index is 0.178. The number of pyridine rings is 2. The quantitative estimate of drug-likeness (QED) is 0.0560. The van der Waals surface area contributed by atoms with Gasteiger partial charge in [-0.2, -0.15) is 0 Å². The summed E-state index contributed by atoms with van der Waals surface area (Å²) in [6, 6.07) is 28.4. The zero-order valence-corrected chi connectivity index (χ0v) is 33.2. The van der Waals surface area contributed by atoms with Gasteiger partial charge in [0.25, 0.3) is 23.6 Å². The molecule has 0 unspecified atom stereocenters. The number of carbonyl (C=O) groups excluding carboxylic acids is 4. The maximum absolute atomic E-state index is 12.9. The lowest BCUT2D eigenvalue weighted by Crippen LogP contribution is -2.31. The summed E-state index contributed by atoms with van der Waals surface area (Å²) in [4.78, 5) is 51.2. The second-order valence-corrected chi connectivity index (χ2v) is 14.5. The number of nitrogens with two attached hydrogens (primary N) is 2. The molecule has 0 saturated carbocycles. The van der Waals surface area contributed by atoms with Crippen molar-refractivity contribution in [3.63, 3.8) is 0 Å². The maximum atomic E-state index is 12.9. The Morgan fingerprint density at radius 2 is 0.949 bits per heavy atom. The van der Waals surface area contributed by atoms with Crippen molar-refractivity contribution in [3.8, 4) is 0 Å². The summed E-state index contributed by atoms with van der Waals surface area (Å²) in [5, 5.41) is 11.2. The fourth-order valence-corrected chi connectivity index (χ4v) is 6.03. The minimum atomic E-state index is -4.27. The zero-order valence-electron chi connectivity index (χ0n) is 32.4. The topological polar surface area (TPSA) is 233 Å². The molecule has 2 aromatic heterocycles. The lowest BCUT2D eigenvalue weighted by molar-refractivity contribution is -0.693. The van der Waals surface area contributed by atoms with Crippen LogP contribution in [0.25, 0.3) is 0 Å². The molecule has 59 heavy (non-hydrogen) atoms. The Labute approximate surface area is 341 Å². The van der Waals surface area contributed by atoms with Crippen LogP contribution >= 0.6 is 0 Å². The Kier molecular flexibility index (Phi) is 13.9. The minimum Gasteiger partial charge on any atom is -0.744 e. The molecule has 8 N–H and O–H groups in total. The van der Waals surface area contributed by atoms with Gasteiger partial charge >= 0.3 is 0 Å².